The third kappa shape index (κ3) is 3.76. The second-order valence-corrected chi connectivity index (χ2v) is 6.73. The molecular weight excluding hydrogens is 339 g/mol. The minimum atomic E-state index is -0.357. The van der Waals surface area contributed by atoms with Gasteiger partial charge in [-0.3, -0.25) is 9.78 Å². The van der Waals surface area contributed by atoms with Crippen molar-refractivity contribution in [1.29, 1.82) is 0 Å². The Kier molecular flexibility index (Phi) is 5.23. The van der Waals surface area contributed by atoms with E-state index in [1.807, 2.05) is 30.5 Å². The largest absolute Gasteiger partial charge is 0.302 e. The van der Waals surface area contributed by atoms with Gasteiger partial charge in [0.25, 0.3) is 0 Å². The van der Waals surface area contributed by atoms with Crippen LogP contribution in [0.2, 0.25) is 0 Å². The van der Waals surface area contributed by atoms with E-state index in [0.717, 1.165) is 11.4 Å². The molecule has 2 aromatic heterocycles. The Balaban J connectivity index is 1.82. The first-order chi connectivity index (χ1) is 12.1. The topological polar surface area (TPSA) is 60.7 Å². The van der Waals surface area contributed by atoms with E-state index in [4.69, 9.17) is 0 Å². The van der Waals surface area contributed by atoms with Gasteiger partial charge in [0.05, 0.1) is 5.25 Å². The molecule has 1 aromatic carbocycles. The molecule has 1 unspecified atom stereocenters. The second kappa shape index (κ2) is 7.57. The number of aromatic nitrogens is 4. The van der Waals surface area contributed by atoms with Crippen LogP contribution in [0.25, 0.3) is 11.4 Å². The Morgan fingerprint density at radius 1 is 1.16 bits per heavy atom. The molecule has 2 heterocycles. The van der Waals surface area contributed by atoms with Gasteiger partial charge in [-0.05, 0) is 50.2 Å². The van der Waals surface area contributed by atoms with Crippen molar-refractivity contribution >= 4 is 17.5 Å². The van der Waals surface area contributed by atoms with E-state index < -0.39 is 0 Å². The Morgan fingerprint density at radius 2 is 1.84 bits per heavy atom. The standard InChI is InChI=1S/C18H17FN4OS/c1-3-23-17(14-8-10-20-11-9-14)21-22-18(23)25-12(2)16(24)13-4-6-15(19)7-5-13/h4-12H,3H2,1-2H3. The van der Waals surface area contributed by atoms with Gasteiger partial charge in [-0.1, -0.05) is 11.8 Å². The lowest BCUT2D eigenvalue weighted by molar-refractivity contribution is 0.0994. The number of nitrogens with zero attached hydrogens (tertiary/aromatic N) is 4. The van der Waals surface area contributed by atoms with Crippen LogP contribution in [-0.2, 0) is 6.54 Å². The van der Waals surface area contributed by atoms with Gasteiger partial charge < -0.3 is 4.57 Å². The molecule has 0 saturated heterocycles. The highest BCUT2D eigenvalue weighted by Gasteiger charge is 2.21. The van der Waals surface area contributed by atoms with Crippen LogP contribution in [0.1, 0.15) is 24.2 Å². The van der Waals surface area contributed by atoms with Crippen LogP contribution in [0.5, 0.6) is 0 Å². The molecule has 128 valence electrons. The predicted molar refractivity (Wildman–Crippen MR) is 95.0 cm³/mol. The van der Waals surface area contributed by atoms with Gasteiger partial charge in [0.2, 0.25) is 0 Å². The molecular formula is C18H17FN4OS. The number of ketones is 1. The highest BCUT2D eigenvalue weighted by molar-refractivity contribution is 8.00. The summed E-state index contributed by atoms with van der Waals surface area (Å²) in [6, 6.07) is 9.33. The summed E-state index contributed by atoms with van der Waals surface area (Å²) in [6.45, 7) is 4.51. The lowest BCUT2D eigenvalue weighted by atomic mass is 10.1. The Bertz CT molecular complexity index is 865. The van der Waals surface area contributed by atoms with Crippen LogP contribution in [-0.4, -0.2) is 30.8 Å². The maximum Gasteiger partial charge on any atom is 0.192 e. The monoisotopic (exact) mass is 356 g/mol. The lowest BCUT2D eigenvalue weighted by Crippen LogP contribution is -2.14. The zero-order valence-electron chi connectivity index (χ0n) is 13.9. The maximum atomic E-state index is 13.0. The number of carbonyl (C=O) groups excluding carboxylic acids is 1. The van der Waals surface area contributed by atoms with Crippen molar-refractivity contribution in [3.63, 3.8) is 0 Å². The molecule has 0 fully saturated rings. The Morgan fingerprint density at radius 3 is 2.48 bits per heavy atom. The van der Waals surface area contributed by atoms with E-state index in [0.29, 0.717) is 17.3 Å². The van der Waals surface area contributed by atoms with E-state index in [1.54, 1.807) is 12.4 Å². The minimum absolute atomic E-state index is 0.0684. The Labute approximate surface area is 149 Å². The zero-order valence-corrected chi connectivity index (χ0v) is 14.7. The van der Waals surface area contributed by atoms with Crippen LogP contribution in [0.3, 0.4) is 0 Å². The van der Waals surface area contributed by atoms with Gasteiger partial charge in [0, 0.05) is 30.1 Å². The van der Waals surface area contributed by atoms with Gasteiger partial charge in [-0.2, -0.15) is 0 Å². The van der Waals surface area contributed by atoms with E-state index in [1.165, 1.54) is 36.0 Å². The molecule has 0 aliphatic heterocycles. The lowest BCUT2D eigenvalue weighted by Gasteiger charge is -2.11. The average Bonchev–Trinajstić information content (AvgIpc) is 3.05. The molecule has 5 nitrogen and oxygen atoms in total. The van der Waals surface area contributed by atoms with Crippen molar-refractivity contribution in [2.45, 2.75) is 30.8 Å². The minimum Gasteiger partial charge on any atom is -0.302 e. The fourth-order valence-electron chi connectivity index (χ4n) is 2.44. The summed E-state index contributed by atoms with van der Waals surface area (Å²) < 4.78 is 15.0. The van der Waals surface area contributed by atoms with Crippen molar-refractivity contribution in [1.82, 2.24) is 19.7 Å². The van der Waals surface area contributed by atoms with Gasteiger partial charge in [-0.25, -0.2) is 4.39 Å². The SMILES string of the molecule is CCn1c(SC(C)C(=O)c2ccc(F)cc2)nnc1-c1ccncc1. The molecule has 7 heteroatoms. The molecule has 25 heavy (non-hydrogen) atoms. The number of halogens is 1. The fourth-order valence-corrected chi connectivity index (χ4v) is 3.43. The number of thioether (sulfide) groups is 1. The number of rotatable bonds is 6. The summed E-state index contributed by atoms with van der Waals surface area (Å²) in [7, 11) is 0. The molecule has 0 aliphatic rings. The summed E-state index contributed by atoms with van der Waals surface area (Å²) in [5.41, 5.74) is 1.41. The summed E-state index contributed by atoms with van der Waals surface area (Å²) in [4.78, 5) is 16.5. The summed E-state index contributed by atoms with van der Waals surface area (Å²) in [6.07, 6.45) is 3.41. The fraction of sp³-hybridized carbons (Fsp3) is 0.222. The van der Waals surface area contributed by atoms with Crippen molar-refractivity contribution in [3.05, 3.63) is 60.2 Å². The van der Waals surface area contributed by atoms with Crippen molar-refractivity contribution in [3.8, 4) is 11.4 Å². The van der Waals surface area contributed by atoms with Crippen molar-refractivity contribution in [2.75, 3.05) is 0 Å². The molecule has 0 N–H and O–H groups in total. The second-order valence-electron chi connectivity index (χ2n) is 5.42. The summed E-state index contributed by atoms with van der Waals surface area (Å²) >= 11 is 1.35. The number of hydrogen-bond donors (Lipinski definition) is 0. The molecule has 1 atom stereocenters. The number of Topliss-reactive ketones (excluding diaryl/α,β-unsaturated/α-hetero) is 1. The number of hydrogen-bond acceptors (Lipinski definition) is 5. The van der Waals surface area contributed by atoms with Gasteiger partial charge in [0.1, 0.15) is 5.82 Å². The molecule has 0 radical (unpaired) electrons. The third-order valence-electron chi connectivity index (χ3n) is 3.75. The molecule has 0 amide bonds. The highest BCUT2D eigenvalue weighted by atomic mass is 32.2. The number of pyridine rings is 1. The Hall–Kier alpha value is -2.54. The van der Waals surface area contributed by atoms with Gasteiger partial charge in [0.15, 0.2) is 16.8 Å². The highest BCUT2D eigenvalue weighted by Crippen LogP contribution is 2.28. The molecule has 0 spiro atoms. The van der Waals surface area contributed by atoms with Crippen LogP contribution in [0, 0.1) is 5.82 Å². The third-order valence-corrected chi connectivity index (χ3v) is 4.83. The van der Waals surface area contributed by atoms with E-state index in [9.17, 15) is 9.18 Å². The average molecular weight is 356 g/mol. The normalized spacial score (nSPS) is 12.1. The van der Waals surface area contributed by atoms with Gasteiger partial charge in [-0.15, -0.1) is 10.2 Å². The molecule has 3 aromatic rings. The smallest absolute Gasteiger partial charge is 0.192 e. The molecule has 3 rings (SSSR count). The number of benzene rings is 1. The molecule has 0 aliphatic carbocycles. The first-order valence-corrected chi connectivity index (χ1v) is 8.78. The van der Waals surface area contributed by atoms with Crippen molar-refractivity contribution in [2.24, 2.45) is 0 Å². The molecule has 0 saturated carbocycles. The number of carbonyl (C=O) groups is 1. The van der Waals surface area contributed by atoms with Crippen LogP contribution in [0.4, 0.5) is 4.39 Å². The predicted octanol–water partition coefficient (Wildman–Crippen LogP) is 3.86. The van der Waals surface area contributed by atoms with Crippen LogP contribution >= 0.6 is 11.8 Å². The quantitative estimate of drug-likeness (QED) is 0.496. The first kappa shape index (κ1) is 17.3. The van der Waals surface area contributed by atoms with Crippen molar-refractivity contribution < 1.29 is 9.18 Å². The van der Waals surface area contributed by atoms with E-state index in [-0.39, 0.29) is 16.9 Å². The van der Waals surface area contributed by atoms with Crippen LogP contribution < -0.4 is 0 Å². The maximum absolute atomic E-state index is 13.0. The van der Waals surface area contributed by atoms with E-state index in [2.05, 4.69) is 15.2 Å². The summed E-state index contributed by atoms with van der Waals surface area (Å²) in [5.74, 6) is 0.319. The first-order valence-electron chi connectivity index (χ1n) is 7.90. The van der Waals surface area contributed by atoms with Gasteiger partial charge >= 0.3 is 0 Å². The summed E-state index contributed by atoms with van der Waals surface area (Å²) in [5, 5.41) is 8.82. The van der Waals surface area contributed by atoms with Crippen LogP contribution in [0.15, 0.2) is 53.9 Å². The zero-order chi connectivity index (χ0) is 17.8. The molecule has 0 bridgehead atoms. The van der Waals surface area contributed by atoms with E-state index >= 15 is 0 Å².